The predicted octanol–water partition coefficient (Wildman–Crippen LogP) is 7.32. The van der Waals surface area contributed by atoms with E-state index < -0.39 is 0 Å². The van der Waals surface area contributed by atoms with Gasteiger partial charge < -0.3 is 0 Å². The summed E-state index contributed by atoms with van der Waals surface area (Å²) >= 11 is 0. The van der Waals surface area contributed by atoms with Gasteiger partial charge in [0, 0.05) is 0 Å². The van der Waals surface area contributed by atoms with Crippen molar-refractivity contribution in [3.8, 4) is 0 Å². The lowest BCUT2D eigenvalue weighted by atomic mass is 9.96. The Bertz CT molecular complexity index is 614. The summed E-state index contributed by atoms with van der Waals surface area (Å²) in [5, 5.41) is 0. The van der Waals surface area contributed by atoms with Gasteiger partial charge in [0.05, 0.1) is 0 Å². The number of allylic oxidation sites excluding steroid dienone is 1. The molecule has 2 rings (SSSR count). The molecule has 0 heteroatoms. The van der Waals surface area contributed by atoms with Gasteiger partial charge >= 0.3 is 0 Å². The molecular formula is C24H32. The van der Waals surface area contributed by atoms with Crippen LogP contribution in [0.15, 0.2) is 48.5 Å². The van der Waals surface area contributed by atoms with Gasteiger partial charge in [-0.1, -0.05) is 94.6 Å². The van der Waals surface area contributed by atoms with Gasteiger partial charge in [0.25, 0.3) is 0 Å². The summed E-state index contributed by atoms with van der Waals surface area (Å²) in [6, 6.07) is 18.3. The summed E-state index contributed by atoms with van der Waals surface area (Å²) in [7, 11) is 0. The Morgan fingerprint density at radius 2 is 1.33 bits per heavy atom. The third-order valence-electron chi connectivity index (χ3n) is 4.52. The van der Waals surface area contributed by atoms with Crippen LogP contribution in [-0.2, 0) is 12.8 Å². The topological polar surface area (TPSA) is 0 Å². The van der Waals surface area contributed by atoms with Gasteiger partial charge in [-0.2, -0.15) is 0 Å². The Kier molecular flexibility index (Phi) is 7.82. The van der Waals surface area contributed by atoms with E-state index >= 15 is 0 Å². The molecule has 0 bridgehead atoms. The van der Waals surface area contributed by atoms with Gasteiger partial charge in [-0.3, -0.25) is 0 Å². The monoisotopic (exact) mass is 320 g/mol. The van der Waals surface area contributed by atoms with E-state index in [4.69, 9.17) is 0 Å². The minimum absolute atomic E-state index is 1.13. The smallest absolute Gasteiger partial charge is 0.0224 e. The van der Waals surface area contributed by atoms with Crippen LogP contribution in [0.4, 0.5) is 0 Å². The molecule has 0 nitrogen and oxygen atoms in total. The van der Waals surface area contributed by atoms with Gasteiger partial charge in [-0.25, -0.2) is 0 Å². The maximum atomic E-state index is 2.36. The lowest BCUT2D eigenvalue weighted by molar-refractivity contribution is 0.795. The van der Waals surface area contributed by atoms with Gasteiger partial charge in [-0.15, -0.1) is 0 Å². The molecule has 0 saturated carbocycles. The Balaban J connectivity index is 2.17. The third kappa shape index (κ3) is 5.67. The molecule has 0 amide bonds. The van der Waals surface area contributed by atoms with E-state index in [2.05, 4.69) is 75.4 Å². The average Bonchev–Trinajstić information content (AvgIpc) is 2.62. The standard InChI is InChI=1S/C24H32/c1-4-7-10-21-11-13-22(14-12-21)19-24(9-6-3)23-17-15-20(8-5-2)16-18-23/h11-19H,4-10H2,1-3H3/b24-19+. The molecule has 0 aromatic heterocycles. The Labute approximate surface area is 148 Å². The summed E-state index contributed by atoms with van der Waals surface area (Å²) in [6.07, 6.45) is 10.8. The van der Waals surface area contributed by atoms with Crippen molar-refractivity contribution in [2.45, 2.75) is 65.7 Å². The van der Waals surface area contributed by atoms with Crippen molar-refractivity contribution < 1.29 is 0 Å². The predicted molar refractivity (Wildman–Crippen MR) is 108 cm³/mol. The molecule has 0 fully saturated rings. The van der Waals surface area contributed by atoms with Crippen LogP contribution in [0.1, 0.15) is 75.1 Å². The fourth-order valence-electron chi connectivity index (χ4n) is 3.11. The molecule has 0 heterocycles. The summed E-state index contributed by atoms with van der Waals surface area (Å²) < 4.78 is 0. The minimum atomic E-state index is 1.13. The van der Waals surface area contributed by atoms with E-state index in [0.29, 0.717) is 0 Å². The van der Waals surface area contributed by atoms with Crippen molar-refractivity contribution in [2.24, 2.45) is 0 Å². The molecule has 0 atom stereocenters. The molecule has 24 heavy (non-hydrogen) atoms. The third-order valence-corrected chi connectivity index (χ3v) is 4.52. The number of unbranched alkanes of at least 4 members (excludes halogenated alkanes) is 1. The molecule has 0 radical (unpaired) electrons. The largest absolute Gasteiger partial charge is 0.0654 e. The molecular weight excluding hydrogens is 288 g/mol. The molecule has 0 spiro atoms. The summed E-state index contributed by atoms with van der Waals surface area (Å²) in [6.45, 7) is 6.74. The zero-order valence-corrected chi connectivity index (χ0v) is 15.6. The van der Waals surface area contributed by atoms with Crippen LogP contribution in [0.3, 0.4) is 0 Å². The molecule has 0 aliphatic rings. The first kappa shape index (κ1) is 18.5. The molecule has 0 aliphatic carbocycles. The van der Waals surface area contributed by atoms with Gasteiger partial charge in [0.1, 0.15) is 0 Å². The lowest BCUT2D eigenvalue weighted by Crippen LogP contribution is -1.89. The highest BCUT2D eigenvalue weighted by Crippen LogP contribution is 2.24. The fourth-order valence-corrected chi connectivity index (χ4v) is 3.11. The van der Waals surface area contributed by atoms with Crippen molar-refractivity contribution in [1.82, 2.24) is 0 Å². The van der Waals surface area contributed by atoms with Gasteiger partial charge in [-0.05, 0) is 53.5 Å². The zero-order chi connectivity index (χ0) is 17.2. The first-order chi connectivity index (χ1) is 11.8. The molecule has 2 aromatic rings. The Hall–Kier alpha value is -1.82. The second-order valence-corrected chi connectivity index (χ2v) is 6.71. The highest BCUT2D eigenvalue weighted by molar-refractivity contribution is 5.81. The van der Waals surface area contributed by atoms with Gasteiger partial charge in [0.15, 0.2) is 0 Å². The maximum absolute atomic E-state index is 2.36. The number of benzene rings is 2. The van der Waals surface area contributed by atoms with Crippen LogP contribution in [0, 0.1) is 0 Å². The molecule has 0 N–H and O–H groups in total. The molecule has 128 valence electrons. The van der Waals surface area contributed by atoms with E-state index in [-0.39, 0.29) is 0 Å². The fraction of sp³-hybridized carbons (Fsp3) is 0.417. The molecule has 0 saturated heterocycles. The SMILES string of the molecule is CCCCc1ccc(/C=C(\CCC)c2ccc(CCC)cc2)cc1. The average molecular weight is 321 g/mol. The van der Waals surface area contributed by atoms with E-state index in [1.54, 1.807) is 0 Å². The zero-order valence-electron chi connectivity index (χ0n) is 15.6. The van der Waals surface area contributed by atoms with Crippen molar-refractivity contribution in [3.63, 3.8) is 0 Å². The molecule has 0 aliphatic heterocycles. The van der Waals surface area contributed by atoms with Crippen LogP contribution in [0.5, 0.6) is 0 Å². The van der Waals surface area contributed by atoms with Crippen molar-refractivity contribution in [1.29, 1.82) is 0 Å². The minimum Gasteiger partial charge on any atom is -0.0654 e. The van der Waals surface area contributed by atoms with E-state index in [1.165, 1.54) is 66.4 Å². The maximum Gasteiger partial charge on any atom is -0.0224 e. The van der Waals surface area contributed by atoms with Crippen LogP contribution >= 0.6 is 0 Å². The highest BCUT2D eigenvalue weighted by atomic mass is 14.1. The molecule has 2 aromatic carbocycles. The van der Waals surface area contributed by atoms with E-state index in [0.717, 1.165) is 6.42 Å². The van der Waals surface area contributed by atoms with Crippen LogP contribution in [0.25, 0.3) is 11.6 Å². The second-order valence-electron chi connectivity index (χ2n) is 6.71. The van der Waals surface area contributed by atoms with Crippen LogP contribution < -0.4 is 0 Å². The van der Waals surface area contributed by atoms with Crippen molar-refractivity contribution in [2.75, 3.05) is 0 Å². The Morgan fingerprint density at radius 3 is 1.92 bits per heavy atom. The number of rotatable bonds is 9. The number of hydrogen-bond donors (Lipinski definition) is 0. The second kappa shape index (κ2) is 10.1. The number of aryl methyl sites for hydroxylation is 2. The first-order valence-corrected chi connectivity index (χ1v) is 9.65. The highest BCUT2D eigenvalue weighted by Gasteiger charge is 2.02. The number of hydrogen-bond acceptors (Lipinski definition) is 0. The molecule has 0 unspecified atom stereocenters. The summed E-state index contributed by atoms with van der Waals surface area (Å²) in [5.74, 6) is 0. The van der Waals surface area contributed by atoms with Crippen molar-refractivity contribution in [3.05, 3.63) is 70.8 Å². The first-order valence-electron chi connectivity index (χ1n) is 9.65. The van der Waals surface area contributed by atoms with Crippen LogP contribution in [0.2, 0.25) is 0 Å². The summed E-state index contributed by atoms with van der Waals surface area (Å²) in [5.41, 5.74) is 7.03. The van der Waals surface area contributed by atoms with E-state index in [1.807, 2.05) is 0 Å². The van der Waals surface area contributed by atoms with Crippen LogP contribution in [-0.4, -0.2) is 0 Å². The lowest BCUT2D eigenvalue weighted by Gasteiger charge is -2.09. The quantitative estimate of drug-likeness (QED) is 0.424. The summed E-state index contributed by atoms with van der Waals surface area (Å²) in [4.78, 5) is 0. The van der Waals surface area contributed by atoms with Crippen molar-refractivity contribution >= 4 is 11.6 Å². The normalized spacial score (nSPS) is 11.7. The van der Waals surface area contributed by atoms with E-state index in [9.17, 15) is 0 Å². The Morgan fingerprint density at radius 1 is 0.708 bits per heavy atom. The van der Waals surface area contributed by atoms with Gasteiger partial charge in [0.2, 0.25) is 0 Å².